The van der Waals surface area contributed by atoms with Crippen LogP contribution in [0.25, 0.3) is 5.65 Å². The zero-order chi connectivity index (χ0) is 12.4. The smallest absolute Gasteiger partial charge is 0.137 e. The van der Waals surface area contributed by atoms with Crippen molar-refractivity contribution < 1.29 is 0 Å². The number of aryl methyl sites for hydroxylation is 1. The summed E-state index contributed by atoms with van der Waals surface area (Å²) in [6, 6.07) is 14.1. The Morgan fingerprint density at radius 2 is 1.83 bits per heavy atom. The fourth-order valence-corrected chi connectivity index (χ4v) is 1.87. The van der Waals surface area contributed by atoms with Crippen LogP contribution in [0.2, 0.25) is 0 Å². The van der Waals surface area contributed by atoms with Gasteiger partial charge in [-0.1, -0.05) is 30.2 Å². The third kappa shape index (κ3) is 1.87. The Labute approximate surface area is 106 Å². The summed E-state index contributed by atoms with van der Waals surface area (Å²) >= 11 is 0. The molecule has 0 unspecified atom stereocenters. The van der Waals surface area contributed by atoms with Gasteiger partial charge in [0.15, 0.2) is 0 Å². The molecule has 0 atom stereocenters. The number of benzene rings is 1. The summed E-state index contributed by atoms with van der Waals surface area (Å²) in [5.41, 5.74) is 4.09. The molecule has 1 aromatic carbocycles. The van der Waals surface area contributed by atoms with Crippen LogP contribution in [0.3, 0.4) is 0 Å². The van der Waals surface area contributed by atoms with Gasteiger partial charge in [0.05, 0.1) is 6.20 Å². The van der Waals surface area contributed by atoms with Crippen LogP contribution in [-0.2, 0) is 0 Å². The molecular formula is C16H12N2. The maximum Gasteiger partial charge on any atom is 0.137 e. The number of hydrogen-bond acceptors (Lipinski definition) is 1. The fraction of sp³-hybridized carbons (Fsp3) is 0.0625. The van der Waals surface area contributed by atoms with Crippen LogP contribution in [0.1, 0.15) is 16.8 Å². The predicted molar refractivity (Wildman–Crippen MR) is 72.4 cm³/mol. The third-order valence-corrected chi connectivity index (χ3v) is 2.89. The monoisotopic (exact) mass is 232 g/mol. The molecule has 0 aliphatic carbocycles. The van der Waals surface area contributed by atoms with Crippen molar-refractivity contribution in [2.45, 2.75) is 6.92 Å². The molecule has 2 heteroatoms. The van der Waals surface area contributed by atoms with Gasteiger partial charge in [-0.05, 0) is 36.6 Å². The zero-order valence-electron chi connectivity index (χ0n) is 10.1. The van der Waals surface area contributed by atoms with Crippen molar-refractivity contribution in [2.24, 2.45) is 0 Å². The van der Waals surface area contributed by atoms with Crippen LogP contribution >= 0.6 is 0 Å². The lowest BCUT2D eigenvalue weighted by molar-refractivity contribution is 1.16. The highest BCUT2D eigenvalue weighted by Crippen LogP contribution is 2.07. The molecule has 2 aromatic heterocycles. The Kier molecular flexibility index (Phi) is 2.59. The molecule has 0 fully saturated rings. The predicted octanol–water partition coefficient (Wildman–Crippen LogP) is 3.04. The molecule has 0 radical (unpaired) electrons. The molecule has 0 bridgehead atoms. The van der Waals surface area contributed by atoms with E-state index >= 15 is 0 Å². The highest BCUT2D eigenvalue weighted by atomic mass is 15.0. The van der Waals surface area contributed by atoms with E-state index in [4.69, 9.17) is 0 Å². The SMILES string of the molecule is Cc1ccccc1C#Cc1cnc2ccccn12. The lowest BCUT2D eigenvalue weighted by Gasteiger charge is -1.95. The maximum absolute atomic E-state index is 4.31. The first-order valence-corrected chi connectivity index (χ1v) is 5.84. The van der Waals surface area contributed by atoms with E-state index in [1.165, 1.54) is 5.56 Å². The molecule has 0 saturated heterocycles. The summed E-state index contributed by atoms with van der Waals surface area (Å²) in [5, 5.41) is 0. The van der Waals surface area contributed by atoms with Crippen molar-refractivity contribution >= 4 is 5.65 Å². The number of rotatable bonds is 0. The van der Waals surface area contributed by atoms with E-state index < -0.39 is 0 Å². The second kappa shape index (κ2) is 4.38. The second-order valence-corrected chi connectivity index (χ2v) is 4.14. The molecule has 0 aliphatic heterocycles. The standard InChI is InChI=1S/C16H12N2/c1-13-6-2-3-7-14(13)9-10-15-12-17-16-8-4-5-11-18(15)16/h2-8,11-12H,1H3. The van der Waals surface area contributed by atoms with Crippen LogP contribution in [-0.4, -0.2) is 9.38 Å². The maximum atomic E-state index is 4.31. The van der Waals surface area contributed by atoms with Crippen molar-refractivity contribution in [3.63, 3.8) is 0 Å². The quantitative estimate of drug-likeness (QED) is 0.544. The Bertz CT molecular complexity index is 757. The van der Waals surface area contributed by atoms with Gasteiger partial charge in [0, 0.05) is 11.8 Å². The van der Waals surface area contributed by atoms with Crippen molar-refractivity contribution in [1.82, 2.24) is 9.38 Å². The lowest BCUT2D eigenvalue weighted by atomic mass is 10.1. The Morgan fingerprint density at radius 3 is 2.72 bits per heavy atom. The van der Waals surface area contributed by atoms with E-state index in [2.05, 4.69) is 29.8 Å². The zero-order valence-corrected chi connectivity index (χ0v) is 10.1. The number of imidazole rings is 1. The average molecular weight is 232 g/mol. The van der Waals surface area contributed by atoms with Crippen LogP contribution in [0.4, 0.5) is 0 Å². The molecule has 3 aromatic rings. The van der Waals surface area contributed by atoms with Gasteiger partial charge in [-0.3, -0.25) is 4.40 Å². The normalized spacial score (nSPS) is 10.1. The highest BCUT2D eigenvalue weighted by molar-refractivity contribution is 5.48. The number of pyridine rings is 1. The minimum atomic E-state index is 0.911. The van der Waals surface area contributed by atoms with E-state index in [1.54, 1.807) is 6.20 Å². The van der Waals surface area contributed by atoms with Gasteiger partial charge in [-0.15, -0.1) is 0 Å². The molecule has 0 spiro atoms. The Balaban J connectivity index is 2.06. The Hall–Kier alpha value is -2.53. The highest BCUT2D eigenvalue weighted by Gasteiger charge is 1.98. The minimum absolute atomic E-state index is 0.911. The summed E-state index contributed by atoms with van der Waals surface area (Å²) in [6.07, 6.45) is 3.78. The van der Waals surface area contributed by atoms with Crippen LogP contribution in [0.5, 0.6) is 0 Å². The summed E-state index contributed by atoms with van der Waals surface area (Å²) in [6.45, 7) is 2.07. The van der Waals surface area contributed by atoms with Crippen molar-refractivity contribution in [1.29, 1.82) is 0 Å². The first kappa shape index (κ1) is 10.6. The van der Waals surface area contributed by atoms with E-state index in [1.807, 2.05) is 47.0 Å². The van der Waals surface area contributed by atoms with E-state index in [0.717, 1.165) is 16.9 Å². The topological polar surface area (TPSA) is 17.3 Å². The van der Waals surface area contributed by atoms with Crippen LogP contribution in [0, 0.1) is 18.8 Å². The number of nitrogens with zero attached hydrogens (tertiary/aromatic N) is 2. The van der Waals surface area contributed by atoms with Gasteiger partial charge in [-0.2, -0.15) is 0 Å². The molecule has 0 amide bonds. The van der Waals surface area contributed by atoms with Crippen molar-refractivity contribution in [2.75, 3.05) is 0 Å². The minimum Gasteiger partial charge on any atom is -0.293 e. The molecule has 0 N–H and O–H groups in total. The molecule has 2 nitrogen and oxygen atoms in total. The molecule has 86 valence electrons. The molecule has 0 saturated carbocycles. The number of aromatic nitrogens is 2. The Morgan fingerprint density at radius 1 is 1.00 bits per heavy atom. The summed E-state index contributed by atoms with van der Waals surface area (Å²) < 4.78 is 1.99. The van der Waals surface area contributed by atoms with Gasteiger partial charge >= 0.3 is 0 Å². The van der Waals surface area contributed by atoms with Gasteiger partial charge in [0.25, 0.3) is 0 Å². The molecule has 0 aliphatic rings. The van der Waals surface area contributed by atoms with Gasteiger partial charge in [0.1, 0.15) is 11.3 Å². The number of fused-ring (bicyclic) bond motifs is 1. The van der Waals surface area contributed by atoms with Crippen LogP contribution < -0.4 is 0 Å². The third-order valence-electron chi connectivity index (χ3n) is 2.89. The average Bonchev–Trinajstić information content (AvgIpc) is 2.81. The van der Waals surface area contributed by atoms with E-state index in [0.29, 0.717) is 0 Å². The lowest BCUT2D eigenvalue weighted by Crippen LogP contribution is -1.86. The molecule has 3 rings (SSSR count). The first-order chi connectivity index (χ1) is 8.84. The summed E-state index contributed by atoms with van der Waals surface area (Å²) in [5.74, 6) is 6.37. The second-order valence-electron chi connectivity index (χ2n) is 4.14. The van der Waals surface area contributed by atoms with E-state index in [9.17, 15) is 0 Å². The molecular weight excluding hydrogens is 220 g/mol. The van der Waals surface area contributed by atoms with E-state index in [-0.39, 0.29) is 0 Å². The summed E-state index contributed by atoms with van der Waals surface area (Å²) in [7, 11) is 0. The molecule has 18 heavy (non-hydrogen) atoms. The van der Waals surface area contributed by atoms with Gasteiger partial charge < -0.3 is 0 Å². The molecule has 2 heterocycles. The fourth-order valence-electron chi connectivity index (χ4n) is 1.87. The largest absolute Gasteiger partial charge is 0.293 e. The van der Waals surface area contributed by atoms with Crippen molar-refractivity contribution in [3.05, 3.63) is 71.7 Å². The van der Waals surface area contributed by atoms with Gasteiger partial charge in [0.2, 0.25) is 0 Å². The van der Waals surface area contributed by atoms with Crippen molar-refractivity contribution in [3.8, 4) is 11.8 Å². The van der Waals surface area contributed by atoms with Gasteiger partial charge in [-0.25, -0.2) is 4.98 Å². The number of hydrogen-bond donors (Lipinski definition) is 0. The van der Waals surface area contributed by atoms with Crippen LogP contribution in [0.15, 0.2) is 54.9 Å². The summed E-state index contributed by atoms with van der Waals surface area (Å²) in [4.78, 5) is 4.31. The first-order valence-electron chi connectivity index (χ1n) is 5.84.